The molecule has 1 aliphatic carbocycles. The second-order valence-corrected chi connectivity index (χ2v) is 8.64. The fourth-order valence-corrected chi connectivity index (χ4v) is 3.69. The number of aliphatic imine (C=N–C) groups is 1. The summed E-state index contributed by atoms with van der Waals surface area (Å²) >= 11 is 0. The fraction of sp³-hybridized carbons (Fsp3) is 0.947. The summed E-state index contributed by atoms with van der Waals surface area (Å²) in [6.07, 6.45) is 5.41. The van der Waals surface area contributed by atoms with Crippen LogP contribution in [0.15, 0.2) is 4.99 Å². The number of nitrogens with zero attached hydrogens (tertiary/aromatic N) is 2. The molecule has 0 spiro atoms. The Balaban J connectivity index is 1.77. The molecule has 0 radical (unpaired) electrons. The normalized spacial score (nSPS) is 27.2. The van der Waals surface area contributed by atoms with E-state index in [2.05, 4.69) is 55.3 Å². The molecule has 1 saturated heterocycles. The summed E-state index contributed by atoms with van der Waals surface area (Å²) in [7, 11) is 4.08. The average molecular weight is 339 g/mol. The monoisotopic (exact) mass is 338 g/mol. The molecule has 0 bridgehead atoms. The van der Waals surface area contributed by atoms with Gasteiger partial charge in [0.15, 0.2) is 5.96 Å². The number of nitrogens with one attached hydrogen (secondary N) is 2. The van der Waals surface area contributed by atoms with Crippen molar-refractivity contribution >= 4 is 5.96 Å². The van der Waals surface area contributed by atoms with E-state index in [4.69, 9.17) is 4.74 Å². The third-order valence-electron chi connectivity index (χ3n) is 5.44. The van der Waals surface area contributed by atoms with E-state index < -0.39 is 0 Å². The molecule has 2 fully saturated rings. The van der Waals surface area contributed by atoms with Crippen molar-refractivity contribution in [2.45, 2.75) is 71.6 Å². The quantitative estimate of drug-likeness (QED) is 0.577. The second-order valence-electron chi connectivity index (χ2n) is 8.64. The number of hydrogen-bond acceptors (Lipinski definition) is 3. The van der Waals surface area contributed by atoms with Gasteiger partial charge in [-0.3, -0.25) is 9.89 Å². The Morgan fingerprint density at radius 1 is 1.25 bits per heavy atom. The summed E-state index contributed by atoms with van der Waals surface area (Å²) in [4.78, 5) is 6.86. The van der Waals surface area contributed by atoms with Crippen LogP contribution in [-0.4, -0.2) is 62.8 Å². The Bertz CT molecular complexity index is 414. The molecule has 5 heteroatoms. The smallest absolute Gasteiger partial charge is 0.191 e. The SMILES string of the molecule is CN=C(NCC1CCCOC1C(C)(C)C)NCC(C)N(C)C1CC1. The summed E-state index contributed by atoms with van der Waals surface area (Å²) in [5.41, 5.74) is 0.186. The molecule has 0 aromatic carbocycles. The van der Waals surface area contributed by atoms with Gasteiger partial charge in [-0.05, 0) is 45.1 Å². The number of ether oxygens (including phenoxy) is 1. The maximum Gasteiger partial charge on any atom is 0.191 e. The van der Waals surface area contributed by atoms with Crippen LogP contribution in [-0.2, 0) is 4.74 Å². The first-order valence-electron chi connectivity index (χ1n) is 9.61. The fourth-order valence-electron chi connectivity index (χ4n) is 3.69. The molecule has 3 atom stereocenters. The van der Waals surface area contributed by atoms with Crippen molar-refractivity contribution in [1.29, 1.82) is 0 Å². The van der Waals surface area contributed by atoms with Crippen LogP contribution in [0.2, 0.25) is 0 Å². The number of guanidine groups is 1. The maximum atomic E-state index is 6.08. The first kappa shape index (κ1) is 19.5. The first-order valence-corrected chi connectivity index (χ1v) is 9.61. The summed E-state index contributed by atoms with van der Waals surface area (Å²) in [6.45, 7) is 11.9. The van der Waals surface area contributed by atoms with E-state index in [9.17, 15) is 0 Å². The van der Waals surface area contributed by atoms with Gasteiger partial charge in [-0.1, -0.05) is 20.8 Å². The summed E-state index contributed by atoms with van der Waals surface area (Å²) in [6, 6.07) is 1.32. The molecule has 3 unspecified atom stereocenters. The minimum Gasteiger partial charge on any atom is -0.377 e. The lowest BCUT2D eigenvalue weighted by Gasteiger charge is -2.40. The molecule has 0 aromatic rings. The van der Waals surface area contributed by atoms with Gasteiger partial charge in [-0.2, -0.15) is 0 Å². The summed E-state index contributed by atoms with van der Waals surface area (Å²) in [5.74, 6) is 1.45. The molecule has 0 amide bonds. The molecular weight excluding hydrogens is 300 g/mol. The molecular formula is C19H38N4O. The summed E-state index contributed by atoms with van der Waals surface area (Å²) < 4.78 is 6.08. The van der Waals surface area contributed by atoms with Gasteiger partial charge in [0, 0.05) is 44.7 Å². The molecule has 2 aliphatic rings. The molecule has 0 aromatic heterocycles. The van der Waals surface area contributed by atoms with Crippen molar-refractivity contribution in [3.63, 3.8) is 0 Å². The minimum atomic E-state index is 0.186. The largest absolute Gasteiger partial charge is 0.377 e. The lowest BCUT2D eigenvalue weighted by molar-refractivity contribution is -0.0835. The highest BCUT2D eigenvalue weighted by atomic mass is 16.5. The number of likely N-dealkylation sites (N-methyl/N-ethyl adjacent to an activating group) is 1. The maximum absolute atomic E-state index is 6.08. The first-order chi connectivity index (χ1) is 11.3. The van der Waals surface area contributed by atoms with Crippen LogP contribution in [0.1, 0.15) is 53.4 Å². The highest BCUT2D eigenvalue weighted by Crippen LogP contribution is 2.33. The number of hydrogen-bond donors (Lipinski definition) is 2. The van der Waals surface area contributed by atoms with Gasteiger partial charge in [0.25, 0.3) is 0 Å². The van der Waals surface area contributed by atoms with E-state index in [1.807, 2.05) is 7.05 Å². The second kappa shape index (κ2) is 8.52. The Morgan fingerprint density at radius 3 is 2.54 bits per heavy atom. The molecule has 140 valence electrons. The van der Waals surface area contributed by atoms with E-state index in [1.165, 1.54) is 19.3 Å². The van der Waals surface area contributed by atoms with Crippen LogP contribution in [0.5, 0.6) is 0 Å². The average Bonchev–Trinajstić information content (AvgIpc) is 3.38. The molecule has 1 aliphatic heterocycles. The molecule has 2 rings (SSSR count). The van der Waals surface area contributed by atoms with Gasteiger partial charge < -0.3 is 15.4 Å². The lowest BCUT2D eigenvalue weighted by Crippen LogP contribution is -2.49. The zero-order valence-electron chi connectivity index (χ0n) is 16.6. The Morgan fingerprint density at radius 2 is 1.96 bits per heavy atom. The predicted octanol–water partition coefficient (Wildman–Crippen LogP) is 2.48. The predicted molar refractivity (Wildman–Crippen MR) is 102 cm³/mol. The summed E-state index contributed by atoms with van der Waals surface area (Å²) in [5, 5.41) is 7.00. The lowest BCUT2D eigenvalue weighted by atomic mass is 9.78. The topological polar surface area (TPSA) is 48.9 Å². The van der Waals surface area contributed by atoms with Crippen LogP contribution in [0.25, 0.3) is 0 Å². The van der Waals surface area contributed by atoms with Gasteiger partial charge in [-0.25, -0.2) is 0 Å². The van der Waals surface area contributed by atoms with Crippen molar-refractivity contribution < 1.29 is 4.74 Å². The third kappa shape index (κ3) is 5.62. The van der Waals surface area contributed by atoms with Crippen LogP contribution < -0.4 is 10.6 Å². The highest BCUT2D eigenvalue weighted by Gasteiger charge is 2.35. The molecule has 24 heavy (non-hydrogen) atoms. The van der Waals surface area contributed by atoms with E-state index in [0.29, 0.717) is 18.1 Å². The van der Waals surface area contributed by atoms with Gasteiger partial charge in [0.2, 0.25) is 0 Å². The van der Waals surface area contributed by atoms with E-state index >= 15 is 0 Å². The Kier molecular flexibility index (Phi) is 6.93. The van der Waals surface area contributed by atoms with Crippen molar-refractivity contribution in [1.82, 2.24) is 15.5 Å². The minimum absolute atomic E-state index is 0.186. The van der Waals surface area contributed by atoms with E-state index in [-0.39, 0.29) is 5.41 Å². The zero-order valence-corrected chi connectivity index (χ0v) is 16.6. The third-order valence-corrected chi connectivity index (χ3v) is 5.44. The number of rotatable bonds is 6. The molecule has 2 N–H and O–H groups in total. The Labute approximate surface area is 148 Å². The van der Waals surface area contributed by atoms with Crippen LogP contribution in [0.3, 0.4) is 0 Å². The van der Waals surface area contributed by atoms with Crippen LogP contribution in [0, 0.1) is 11.3 Å². The van der Waals surface area contributed by atoms with E-state index in [0.717, 1.165) is 38.1 Å². The van der Waals surface area contributed by atoms with Gasteiger partial charge >= 0.3 is 0 Å². The zero-order chi connectivity index (χ0) is 17.7. The van der Waals surface area contributed by atoms with Crippen molar-refractivity contribution in [3.8, 4) is 0 Å². The molecule has 5 nitrogen and oxygen atoms in total. The Hall–Kier alpha value is -0.810. The van der Waals surface area contributed by atoms with Crippen LogP contribution in [0.4, 0.5) is 0 Å². The van der Waals surface area contributed by atoms with Crippen LogP contribution >= 0.6 is 0 Å². The standard InChI is InChI=1S/C19H38N4O/c1-14(23(6)16-9-10-16)12-21-18(20-5)22-13-15-8-7-11-24-17(15)19(2,3)4/h14-17H,7-13H2,1-6H3,(H2,20,21,22). The molecule has 1 heterocycles. The van der Waals surface area contributed by atoms with Gasteiger partial charge in [-0.15, -0.1) is 0 Å². The van der Waals surface area contributed by atoms with Gasteiger partial charge in [0.05, 0.1) is 6.10 Å². The highest BCUT2D eigenvalue weighted by molar-refractivity contribution is 5.79. The van der Waals surface area contributed by atoms with Crippen molar-refractivity contribution in [3.05, 3.63) is 0 Å². The van der Waals surface area contributed by atoms with Crippen molar-refractivity contribution in [2.24, 2.45) is 16.3 Å². The molecule has 1 saturated carbocycles. The van der Waals surface area contributed by atoms with Crippen molar-refractivity contribution in [2.75, 3.05) is 33.8 Å². The van der Waals surface area contributed by atoms with Gasteiger partial charge in [0.1, 0.15) is 0 Å². The van der Waals surface area contributed by atoms with E-state index in [1.54, 1.807) is 0 Å².